The molecule has 4 rings (SSSR count). The summed E-state index contributed by atoms with van der Waals surface area (Å²) in [5, 5.41) is 0. The van der Waals surface area contributed by atoms with Gasteiger partial charge in [-0.1, -0.05) is 0 Å². The first-order chi connectivity index (χ1) is 10.3. The van der Waals surface area contributed by atoms with Crippen molar-refractivity contribution in [1.29, 1.82) is 0 Å². The minimum atomic E-state index is -0.0108. The molecular formula is C15H16N4O2. The number of rotatable bonds is 2. The maximum Gasteiger partial charge on any atom is 0.289 e. The predicted octanol–water partition coefficient (Wildman–Crippen LogP) is 1.56. The number of nitrogens with zero attached hydrogens (tertiary/aromatic N) is 4. The van der Waals surface area contributed by atoms with E-state index in [0.29, 0.717) is 11.8 Å². The van der Waals surface area contributed by atoms with Gasteiger partial charge < -0.3 is 14.2 Å². The average Bonchev–Trinajstić information content (AvgIpc) is 3.24. The molecule has 21 heavy (non-hydrogen) atoms. The molecule has 2 saturated heterocycles. The van der Waals surface area contributed by atoms with Crippen LogP contribution in [-0.2, 0) is 0 Å². The molecule has 0 saturated carbocycles. The van der Waals surface area contributed by atoms with Crippen LogP contribution in [0.4, 0.5) is 5.95 Å². The molecule has 0 N–H and O–H groups in total. The Bertz CT molecular complexity index is 628. The van der Waals surface area contributed by atoms with Gasteiger partial charge in [0.1, 0.15) is 0 Å². The van der Waals surface area contributed by atoms with Gasteiger partial charge in [0.05, 0.1) is 18.3 Å². The SMILES string of the molecule is O=C(c1ccco1)N1CC[C@@H]2[C@@H]1CCN2c1ncccn1. The van der Waals surface area contributed by atoms with Crippen LogP contribution < -0.4 is 4.90 Å². The van der Waals surface area contributed by atoms with Crippen LogP contribution in [0.5, 0.6) is 0 Å². The quantitative estimate of drug-likeness (QED) is 0.837. The van der Waals surface area contributed by atoms with Crippen LogP contribution in [0, 0.1) is 0 Å². The zero-order valence-electron chi connectivity index (χ0n) is 11.6. The van der Waals surface area contributed by atoms with Crippen molar-refractivity contribution < 1.29 is 9.21 Å². The molecule has 2 aliphatic rings. The van der Waals surface area contributed by atoms with Crippen molar-refractivity contribution >= 4 is 11.9 Å². The lowest BCUT2D eigenvalue weighted by molar-refractivity contribution is 0.0705. The van der Waals surface area contributed by atoms with Crippen molar-refractivity contribution in [3.05, 3.63) is 42.6 Å². The van der Waals surface area contributed by atoms with E-state index in [9.17, 15) is 4.79 Å². The van der Waals surface area contributed by atoms with E-state index in [-0.39, 0.29) is 11.9 Å². The molecule has 108 valence electrons. The fourth-order valence-electron chi connectivity index (χ4n) is 3.47. The molecule has 1 amide bonds. The third-order valence-corrected chi connectivity index (χ3v) is 4.38. The van der Waals surface area contributed by atoms with Crippen LogP contribution in [0.25, 0.3) is 0 Å². The zero-order chi connectivity index (χ0) is 14.2. The lowest BCUT2D eigenvalue weighted by Crippen LogP contribution is -2.40. The number of fused-ring (bicyclic) bond motifs is 1. The first kappa shape index (κ1) is 12.4. The molecule has 2 aromatic rings. The van der Waals surface area contributed by atoms with Gasteiger partial charge in [-0.15, -0.1) is 0 Å². The number of furan rings is 1. The number of likely N-dealkylation sites (tertiary alicyclic amines) is 1. The topological polar surface area (TPSA) is 62.5 Å². The van der Waals surface area contributed by atoms with E-state index in [2.05, 4.69) is 14.9 Å². The van der Waals surface area contributed by atoms with Gasteiger partial charge in [-0.05, 0) is 31.0 Å². The summed E-state index contributed by atoms with van der Waals surface area (Å²) < 4.78 is 5.24. The monoisotopic (exact) mass is 284 g/mol. The Kier molecular flexibility index (Phi) is 2.87. The van der Waals surface area contributed by atoms with Gasteiger partial charge in [0.25, 0.3) is 5.91 Å². The second-order valence-electron chi connectivity index (χ2n) is 5.43. The Morgan fingerprint density at radius 3 is 2.71 bits per heavy atom. The second kappa shape index (κ2) is 4.87. The molecule has 2 fully saturated rings. The summed E-state index contributed by atoms with van der Waals surface area (Å²) in [6.07, 6.45) is 6.97. The zero-order valence-corrected chi connectivity index (χ0v) is 11.6. The van der Waals surface area contributed by atoms with Crippen LogP contribution in [0.2, 0.25) is 0 Å². The van der Waals surface area contributed by atoms with Gasteiger partial charge in [-0.25, -0.2) is 9.97 Å². The Morgan fingerprint density at radius 1 is 1.14 bits per heavy atom. The summed E-state index contributed by atoms with van der Waals surface area (Å²) in [7, 11) is 0. The number of carbonyl (C=O) groups is 1. The van der Waals surface area contributed by atoms with Crippen molar-refractivity contribution in [3.8, 4) is 0 Å². The van der Waals surface area contributed by atoms with Crippen LogP contribution in [0.1, 0.15) is 23.4 Å². The molecule has 4 heterocycles. The summed E-state index contributed by atoms with van der Waals surface area (Å²) in [5.41, 5.74) is 0. The Morgan fingerprint density at radius 2 is 1.95 bits per heavy atom. The van der Waals surface area contributed by atoms with E-state index in [1.54, 1.807) is 30.8 Å². The van der Waals surface area contributed by atoms with Gasteiger partial charge >= 0.3 is 0 Å². The van der Waals surface area contributed by atoms with E-state index >= 15 is 0 Å². The first-order valence-electron chi connectivity index (χ1n) is 7.23. The molecule has 2 atom stereocenters. The number of amides is 1. The fraction of sp³-hybridized carbons (Fsp3) is 0.400. The standard InChI is InChI=1S/C15H16N4O2/c20-14(13-3-1-10-21-13)18-8-4-12-11(18)5-9-19(12)15-16-6-2-7-17-15/h1-3,6-7,10-12H,4-5,8-9H2/t11-,12+/m0/s1. The Labute approximate surface area is 122 Å². The smallest absolute Gasteiger partial charge is 0.289 e. The molecule has 6 heteroatoms. The van der Waals surface area contributed by atoms with Crippen molar-refractivity contribution in [2.24, 2.45) is 0 Å². The minimum Gasteiger partial charge on any atom is -0.459 e. The van der Waals surface area contributed by atoms with Gasteiger partial charge in [-0.3, -0.25) is 4.79 Å². The van der Waals surface area contributed by atoms with E-state index in [1.165, 1.54) is 0 Å². The molecule has 0 radical (unpaired) electrons. The molecule has 0 aromatic carbocycles. The Balaban J connectivity index is 1.55. The lowest BCUT2D eigenvalue weighted by atomic mass is 10.1. The largest absolute Gasteiger partial charge is 0.459 e. The summed E-state index contributed by atoms with van der Waals surface area (Å²) in [5.74, 6) is 1.17. The highest BCUT2D eigenvalue weighted by molar-refractivity contribution is 5.92. The number of hydrogen-bond acceptors (Lipinski definition) is 5. The van der Waals surface area contributed by atoms with Crippen molar-refractivity contribution in [2.45, 2.75) is 24.9 Å². The molecule has 2 aliphatic heterocycles. The summed E-state index contributed by atoms with van der Waals surface area (Å²) in [4.78, 5) is 25.3. The van der Waals surface area contributed by atoms with E-state index < -0.39 is 0 Å². The molecule has 0 unspecified atom stereocenters. The van der Waals surface area contributed by atoms with Crippen LogP contribution in [-0.4, -0.2) is 45.9 Å². The lowest BCUT2D eigenvalue weighted by Gasteiger charge is -2.25. The molecular weight excluding hydrogens is 268 g/mol. The third kappa shape index (κ3) is 1.98. The van der Waals surface area contributed by atoms with Gasteiger partial charge in [0.15, 0.2) is 5.76 Å². The number of carbonyl (C=O) groups excluding carboxylic acids is 1. The van der Waals surface area contributed by atoms with Gasteiger partial charge in [-0.2, -0.15) is 0 Å². The van der Waals surface area contributed by atoms with Crippen molar-refractivity contribution in [3.63, 3.8) is 0 Å². The highest BCUT2D eigenvalue weighted by Gasteiger charge is 2.45. The molecule has 2 aromatic heterocycles. The summed E-state index contributed by atoms with van der Waals surface area (Å²) >= 11 is 0. The maximum absolute atomic E-state index is 12.5. The van der Waals surface area contributed by atoms with E-state index in [0.717, 1.165) is 31.9 Å². The number of anilines is 1. The normalized spacial score (nSPS) is 24.4. The molecule has 0 bridgehead atoms. The predicted molar refractivity (Wildman–Crippen MR) is 75.9 cm³/mol. The molecule has 0 aliphatic carbocycles. The Hall–Kier alpha value is -2.37. The molecule has 6 nitrogen and oxygen atoms in total. The third-order valence-electron chi connectivity index (χ3n) is 4.38. The summed E-state index contributed by atoms with van der Waals surface area (Å²) in [6, 6.07) is 5.83. The molecule has 0 spiro atoms. The summed E-state index contributed by atoms with van der Waals surface area (Å²) in [6.45, 7) is 1.65. The van der Waals surface area contributed by atoms with E-state index in [1.807, 2.05) is 11.0 Å². The number of aromatic nitrogens is 2. The van der Waals surface area contributed by atoms with Crippen LogP contribution in [0.3, 0.4) is 0 Å². The van der Waals surface area contributed by atoms with Crippen molar-refractivity contribution in [1.82, 2.24) is 14.9 Å². The maximum atomic E-state index is 12.5. The van der Waals surface area contributed by atoms with Crippen LogP contribution >= 0.6 is 0 Å². The highest BCUT2D eigenvalue weighted by atomic mass is 16.3. The number of hydrogen-bond donors (Lipinski definition) is 0. The van der Waals surface area contributed by atoms with Gasteiger partial charge in [0, 0.05) is 25.5 Å². The minimum absolute atomic E-state index is 0.0108. The van der Waals surface area contributed by atoms with Crippen molar-refractivity contribution in [2.75, 3.05) is 18.0 Å². The first-order valence-corrected chi connectivity index (χ1v) is 7.23. The van der Waals surface area contributed by atoms with Crippen LogP contribution in [0.15, 0.2) is 41.3 Å². The highest BCUT2D eigenvalue weighted by Crippen LogP contribution is 2.34. The van der Waals surface area contributed by atoms with Gasteiger partial charge in [0.2, 0.25) is 5.95 Å². The van der Waals surface area contributed by atoms with E-state index in [4.69, 9.17) is 4.42 Å². The second-order valence-corrected chi connectivity index (χ2v) is 5.43. The fourth-order valence-corrected chi connectivity index (χ4v) is 3.47. The average molecular weight is 284 g/mol.